The molecule has 0 radical (unpaired) electrons. The van der Waals surface area contributed by atoms with Crippen LogP contribution in [0.5, 0.6) is 0 Å². The van der Waals surface area contributed by atoms with Gasteiger partial charge < -0.3 is 10.4 Å². The van der Waals surface area contributed by atoms with Crippen molar-refractivity contribution in [2.75, 3.05) is 13.2 Å². The van der Waals surface area contributed by atoms with Gasteiger partial charge in [0, 0.05) is 31.5 Å². The maximum atomic E-state index is 8.92. The predicted octanol–water partition coefficient (Wildman–Crippen LogP) is 1.45. The quantitative estimate of drug-likeness (QED) is 0.780. The summed E-state index contributed by atoms with van der Waals surface area (Å²) < 4.78 is 0. The normalized spacial score (nSPS) is 11.2. The minimum Gasteiger partial charge on any atom is -0.396 e. The second kappa shape index (κ2) is 6.33. The number of aromatic nitrogens is 1. The summed E-state index contributed by atoms with van der Waals surface area (Å²) in [5.74, 6) is 0. The Morgan fingerprint density at radius 3 is 2.94 bits per heavy atom. The molecule has 0 amide bonds. The molecular formula is C13H19N3O. The lowest BCUT2D eigenvalue weighted by molar-refractivity contribution is 0.207. The minimum atomic E-state index is 0.0593. The van der Waals surface area contributed by atoms with E-state index in [0.29, 0.717) is 12.2 Å². The standard InChI is InChI=1S/C13H19N3O/c1-13(2,5-7-17)10-15-9-11-4-3-6-16-12(11)8-14/h3-4,6,15,17H,5,7,9-10H2,1-2H3. The molecule has 1 aromatic heterocycles. The molecular weight excluding hydrogens is 214 g/mol. The highest BCUT2D eigenvalue weighted by Crippen LogP contribution is 2.18. The molecule has 0 aromatic carbocycles. The Morgan fingerprint density at radius 2 is 2.29 bits per heavy atom. The Balaban J connectivity index is 2.49. The molecule has 92 valence electrons. The number of nitrogens with zero attached hydrogens (tertiary/aromatic N) is 2. The topological polar surface area (TPSA) is 68.9 Å². The van der Waals surface area contributed by atoms with Gasteiger partial charge >= 0.3 is 0 Å². The molecule has 0 fully saturated rings. The highest BCUT2D eigenvalue weighted by atomic mass is 16.3. The van der Waals surface area contributed by atoms with Crippen molar-refractivity contribution in [1.82, 2.24) is 10.3 Å². The lowest BCUT2D eigenvalue weighted by Crippen LogP contribution is -2.30. The highest BCUT2D eigenvalue weighted by Gasteiger charge is 2.16. The van der Waals surface area contributed by atoms with Gasteiger partial charge in [0.2, 0.25) is 0 Å². The van der Waals surface area contributed by atoms with Gasteiger partial charge in [0.25, 0.3) is 0 Å². The van der Waals surface area contributed by atoms with Crippen molar-refractivity contribution in [3.05, 3.63) is 29.6 Å². The molecule has 1 rings (SSSR count). The fourth-order valence-corrected chi connectivity index (χ4v) is 1.61. The molecule has 0 saturated carbocycles. The first-order valence-electron chi connectivity index (χ1n) is 5.74. The number of hydrogen-bond acceptors (Lipinski definition) is 4. The van der Waals surface area contributed by atoms with E-state index in [1.54, 1.807) is 6.20 Å². The number of hydrogen-bond donors (Lipinski definition) is 2. The molecule has 4 nitrogen and oxygen atoms in total. The van der Waals surface area contributed by atoms with Crippen molar-refractivity contribution in [3.63, 3.8) is 0 Å². The Hall–Kier alpha value is -1.44. The van der Waals surface area contributed by atoms with E-state index in [0.717, 1.165) is 18.5 Å². The molecule has 0 saturated heterocycles. The minimum absolute atomic E-state index is 0.0593. The summed E-state index contributed by atoms with van der Waals surface area (Å²) in [6.07, 6.45) is 2.38. The molecule has 1 aromatic rings. The average Bonchev–Trinajstić information content (AvgIpc) is 2.29. The molecule has 0 bridgehead atoms. The van der Waals surface area contributed by atoms with Gasteiger partial charge in [-0.05, 0) is 17.9 Å². The molecule has 2 N–H and O–H groups in total. The van der Waals surface area contributed by atoms with Crippen LogP contribution in [0.3, 0.4) is 0 Å². The van der Waals surface area contributed by atoms with Crippen LogP contribution >= 0.6 is 0 Å². The molecule has 17 heavy (non-hydrogen) atoms. The van der Waals surface area contributed by atoms with Crippen molar-refractivity contribution < 1.29 is 5.11 Å². The predicted molar refractivity (Wildman–Crippen MR) is 66.1 cm³/mol. The summed E-state index contributed by atoms with van der Waals surface area (Å²) in [6, 6.07) is 5.81. The van der Waals surface area contributed by atoms with Crippen molar-refractivity contribution in [3.8, 4) is 6.07 Å². The SMILES string of the molecule is CC(C)(CCO)CNCc1cccnc1C#N. The highest BCUT2D eigenvalue weighted by molar-refractivity contribution is 5.30. The number of nitrogens with one attached hydrogen (secondary N) is 1. The third kappa shape index (κ3) is 4.51. The van der Waals surface area contributed by atoms with E-state index in [2.05, 4.69) is 30.2 Å². The van der Waals surface area contributed by atoms with Gasteiger partial charge in [-0.15, -0.1) is 0 Å². The Morgan fingerprint density at radius 1 is 1.53 bits per heavy atom. The van der Waals surface area contributed by atoms with Gasteiger partial charge in [0.05, 0.1) is 0 Å². The van der Waals surface area contributed by atoms with Crippen LogP contribution in [0.25, 0.3) is 0 Å². The third-order valence-electron chi connectivity index (χ3n) is 2.70. The molecule has 0 atom stereocenters. The van der Waals surface area contributed by atoms with Crippen molar-refractivity contribution in [1.29, 1.82) is 5.26 Å². The third-order valence-corrected chi connectivity index (χ3v) is 2.70. The Bertz CT molecular complexity index is 396. The molecule has 0 aliphatic carbocycles. The summed E-state index contributed by atoms with van der Waals surface area (Å²) in [7, 11) is 0. The van der Waals surface area contributed by atoms with Gasteiger partial charge in [0.1, 0.15) is 11.8 Å². The van der Waals surface area contributed by atoms with Crippen molar-refractivity contribution in [2.24, 2.45) is 5.41 Å². The monoisotopic (exact) mass is 233 g/mol. The van der Waals surface area contributed by atoms with Crippen LogP contribution in [0.2, 0.25) is 0 Å². The van der Waals surface area contributed by atoms with E-state index in [4.69, 9.17) is 10.4 Å². The second-order valence-corrected chi connectivity index (χ2v) is 4.86. The summed E-state index contributed by atoms with van der Waals surface area (Å²) in [5, 5.41) is 21.1. The first kappa shape index (κ1) is 13.6. The number of pyridine rings is 1. The largest absolute Gasteiger partial charge is 0.396 e. The zero-order valence-electron chi connectivity index (χ0n) is 10.4. The lowest BCUT2D eigenvalue weighted by atomic mass is 9.90. The van der Waals surface area contributed by atoms with Crippen LogP contribution in [-0.2, 0) is 6.54 Å². The van der Waals surface area contributed by atoms with Crippen LogP contribution in [0.4, 0.5) is 0 Å². The Kier molecular flexibility index (Phi) is 5.08. The van der Waals surface area contributed by atoms with Crippen LogP contribution in [0.15, 0.2) is 18.3 Å². The number of nitriles is 1. The van der Waals surface area contributed by atoms with Gasteiger partial charge in [-0.3, -0.25) is 0 Å². The van der Waals surface area contributed by atoms with Gasteiger partial charge in [-0.2, -0.15) is 5.26 Å². The number of aliphatic hydroxyl groups is 1. The van der Waals surface area contributed by atoms with Gasteiger partial charge in [-0.1, -0.05) is 19.9 Å². The zero-order chi connectivity index (χ0) is 12.7. The number of rotatable bonds is 6. The smallest absolute Gasteiger partial charge is 0.144 e. The Labute approximate surface area is 102 Å². The van der Waals surface area contributed by atoms with Crippen LogP contribution in [0.1, 0.15) is 31.5 Å². The summed E-state index contributed by atoms with van der Waals surface area (Å²) in [6.45, 7) is 5.83. The van der Waals surface area contributed by atoms with Crippen LogP contribution in [-0.4, -0.2) is 23.2 Å². The maximum Gasteiger partial charge on any atom is 0.144 e. The molecule has 0 aliphatic heterocycles. The first-order chi connectivity index (χ1) is 8.09. The van der Waals surface area contributed by atoms with E-state index >= 15 is 0 Å². The fraction of sp³-hybridized carbons (Fsp3) is 0.538. The molecule has 0 aliphatic rings. The number of aliphatic hydroxyl groups excluding tert-OH is 1. The zero-order valence-corrected chi connectivity index (χ0v) is 10.4. The van der Waals surface area contributed by atoms with Crippen molar-refractivity contribution >= 4 is 0 Å². The molecule has 0 spiro atoms. The average molecular weight is 233 g/mol. The molecule has 0 unspecified atom stereocenters. The molecule has 4 heteroatoms. The lowest BCUT2D eigenvalue weighted by Gasteiger charge is -2.24. The van der Waals surface area contributed by atoms with E-state index in [9.17, 15) is 0 Å². The second-order valence-electron chi connectivity index (χ2n) is 4.86. The summed E-state index contributed by atoms with van der Waals surface area (Å²) in [5.41, 5.74) is 1.44. The van der Waals surface area contributed by atoms with Gasteiger partial charge in [0.15, 0.2) is 0 Å². The van der Waals surface area contributed by atoms with Crippen molar-refractivity contribution in [2.45, 2.75) is 26.8 Å². The van der Waals surface area contributed by atoms with E-state index in [-0.39, 0.29) is 12.0 Å². The fourth-order valence-electron chi connectivity index (χ4n) is 1.61. The van der Waals surface area contributed by atoms with E-state index in [1.807, 2.05) is 12.1 Å². The summed E-state index contributed by atoms with van der Waals surface area (Å²) >= 11 is 0. The van der Waals surface area contributed by atoms with E-state index in [1.165, 1.54) is 0 Å². The van der Waals surface area contributed by atoms with E-state index < -0.39 is 0 Å². The molecule has 1 heterocycles. The summed E-state index contributed by atoms with van der Waals surface area (Å²) in [4.78, 5) is 4.01. The van der Waals surface area contributed by atoms with Crippen LogP contribution < -0.4 is 5.32 Å². The maximum absolute atomic E-state index is 8.92. The first-order valence-corrected chi connectivity index (χ1v) is 5.74. The van der Waals surface area contributed by atoms with Gasteiger partial charge in [-0.25, -0.2) is 4.98 Å². The van der Waals surface area contributed by atoms with Crippen LogP contribution in [0, 0.1) is 16.7 Å².